The summed E-state index contributed by atoms with van der Waals surface area (Å²) in [5.74, 6) is -0.949. The van der Waals surface area contributed by atoms with Crippen LogP contribution in [0.2, 0.25) is 0 Å². The Bertz CT molecular complexity index is 422. The monoisotopic (exact) mass is 271 g/mol. The highest BCUT2D eigenvalue weighted by Crippen LogP contribution is 2.19. The van der Waals surface area contributed by atoms with E-state index in [9.17, 15) is 14.0 Å². The minimum atomic E-state index is -0.909. The predicted molar refractivity (Wildman–Crippen MR) is 66.5 cm³/mol. The number of carbonyl (C=O) groups excluding carboxylic acids is 2. The van der Waals surface area contributed by atoms with Gasteiger partial charge in [-0.3, -0.25) is 9.59 Å². The minimum absolute atomic E-state index is 0.166. The summed E-state index contributed by atoms with van der Waals surface area (Å²) < 4.78 is 17.4. The van der Waals surface area contributed by atoms with Crippen LogP contribution in [0, 0.1) is 5.82 Å². The fourth-order valence-electron chi connectivity index (χ4n) is 1.10. The van der Waals surface area contributed by atoms with Gasteiger partial charge in [0.2, 0.25) is 0 Å². The van der Waals surface area contributed by atoms with E-state index in [-0.39, 0.29) is 12.2 Å². The van der Waals surface area contributed by atoms with E-state index in [0.29, 0.717) is 5.75 Å². The number of amides is 1. The van der Waals surface area contributed by atoms with Gasteiger partial charge in [-0.15, -0.1) is 11.8 Å². The molecule has 0 saturated carbocycles. The third-order valence-corrected chi connectivity index (χ3v) is 3.11. The highest BCUT2D eigenvalue weighted by Gasteiger charge is 2.13. The summed E-state index contributed by atoms with van der Waals surface area (Å²) in [6.45, 7) is 1.42. The van der Waals surface area contributed by atoms with Gasteiger partial charge >= 0.3 is 5.97 Å². The first-order valence-electron chi connectivity index (χ1n) is 5.36. The first-order chi connectivity index (χ1) is 8.49. The lowest BCUT2D eigenvalue weighted by Gasteiger charge is -2.09. The molecular weight excluding hydrogens is 257 g/mol. The van der Waals surface area contributed by atoms with Crippen LogP contribution < -0.4 is 5.73 Å². The molecule has 0 fully saturated rings. The molecule has 0 saturated heterocycles. The molecule has 0 aliphatic rings. The van der Waals surface area contributed by atoms with Gasteiger partial charge in [-0.1, -0.05) is 0 Å². The Morgan fingerprint density at radius 1 is 1.39 bits per heavy atom. The Morgan fingerprint density at radius 2 is 2.00 bits per heavy atom. The maximum atomic E-state index is 12.6. The van der Waals surface area contributed by atoms with Crippen LogP contribution in [0.25, 0.3) is 0 Å². The first-order valence-corrected chi connectivity index (χ1v) is 6.35. The summed E-state index contributed by atoms with van der Waals surface area (Å²) in [7, 11) is 0. The van der Waals surface area contributed by atoms with Crippen molar-refractivity contribution < 1.29 is 18.7 Å². The van der Waals surface area contributed by atoms with Crippen molar-refractivity contribution in [1.82, 2.24) is 0 Å². The molecule has 1 atom stereocenters. The Balaban J connectivity index is 2.27. The lowest BCUT2D eigenvalue weighted by atomic mass is 10.4. The van der Waals surface area contributed by atoms with E-state index in [1.165, 1.54) is 30.8 Å². The molecule has 0 unspecified atom stereocenters. The van der Waals surface area contributed by atoms with Gasteiger partial charge in [-0.25, -0.2) is 4.39 Å². The van der Waals surface area contributed by atoms with Crippen LogP contribution in [0.4, 0.5) is 4.39 Å². The molecular formula is C12H14FNO3S. The van der Waals surface area contributed by atoms with E-state index in [2.05, 4.69) is 0 Å². The van der Waals surface area contributed by atoms with Gasteiger partial charge in [0.05, 0.1) is 6.42 Å². The molecule has 0 aliphatic heterocycles. The number of hydrogen-bond donors (Lipinski definition) is 1. The number of esters is 1. The minimum Gasteiger partial charge on any atom is -0.453 e. The fraction of sp³-hybridized carbons (Fsp3) is 0.333. The summed E-state index contributed by atoms with van der Waals surface area (Å²) in [4.78, 5) is 22.8. The lowest BCUT2D eigenvalue weighted by Crippen LogP contribution is -2.30. The number of ether oxygens (including phenoxy) is 1. The van der Waals surface area contributed by atoms with E-state index in [0.717, 1.165) is 4.90 Å². The van der Waals surface area contributed by atoms with Crippen LogP contribution in [-0.4, -0.2) is 23.7 Å². The molecule has 0 spiro atoms. The second kappa shape index (κ2) is 7.00. The van der Waals surface area contributed by atoms with Gasteiger partial charge in [-0.05, 0) is 31.2 Å². The van der Waals surface area contributed by atoms with Crippen molar-refractivity contribution in [1.29, 1.82) is 0 Å². The third kappa shape index (κ3) is 5.18. The molecule has 0 aliphatic carbocycles. The van der Waals surface area contributed by atoms with E-state index in [1.807, 2.05) is 0 Å². The average Bonchev–Trinajstić information content (AvgIpc) is 2.31. The van der Waals surface area contributed by atoms with Crippen molar-refractivity contribution in [3.05, 3.63) is 30.1 Å². The summed E-state index contributed by atoms with van der Waals surface area (Å²) in [5, 5.41) is 0. The summed E-state index contributed by atoms with van der Waals surface area (Å²) in [5.41, 5.74) is 4.96. The first kappa shape index (κ1) is 14.5. The molecule has 1 amide bonds. The highest BCUT2D eigenvalue weighted by atomic mass is 32.2. The predicted octanol–water partition coefficient (Wildman–Crippen LogP) is 1.72. The number of thioether (sulfide) groups is 1. The zero-order valence-electron chi connectivity index (χ0n) is 9.89. The molecule has 6 heteroatoms. The van der Waals surface area contributed by atoms with Gasteiger partial charge in [0.15, 0.2) is 6.10 Å². The molecule has 0 bridgehead atoms. The quantitative estimate of drug-likeness (QED) is 0.632. The number of primary amides is 1. The second-order valence-corrected chi connectivity index (χ2v) is 4.76. The van der Waals surface area contributed by atoms with Crippen molar-refractivity contribution in [2.75, 3.05) is 5.75 Å². The zero-order chi connectivity index (χ0) is 13.5. The smallest absolute Gasteiger partial charge is 0.307 e. The van der Waals surface area contributed by atoms with Crippen LogP contribution in [-0.2, 0) is 14.3 Å². The maximum Gasteiger partial charge on any atom is 0.307 e. The van der Waals surface area contributed by atoms with Crippen molar-refractivity contribution in [3.8, 4) is 0 Å². The molecule has 18 heavy (non-hydrogen) atoms. The van der Waals surface area contributed by atoms with Crippen molar-refractivity contribution in [3.63, 3.8) is 0 Å². The van der Waals surface area contributed by atoms with Crippen molar-refractivity contribution in [2.45, 2.75) is 24.3 Å². The van der Waals surface area contributed by atoms with Gasteiger partial charge in [0.1, 0.15) is 5.82 Å². The van der Waals surface area contributed by atoms with Crippen LogP contribution >= 0.6 is 11.8 Å². The van der Waals surface area contributed by atoms with E-state index >= 15 is 0 Å². The Hall–Kier alpha value is -1.56. The molecule has 4 nitrogen and oxygen atoms in total. The largest absolute Gasteiger partial charge is 0.453 e. The van der Waals surface area contributed by atoms with Crippen LogP contribution in [0.3, 0.4) is 0 Å². The normalized spacial score (nSPS) is 11.9. The molecule has 98 valence electrons. The second-order valence-electron chi connectivity index (χ2n) is 3.59. The maximum absolute atomic E-state index is 12.6. The van der Waals surface area contributed by atoms with Crippen molar-refractivity contribution >= 4 is 23.6 Å². The number of rotatable bonds is 6. The Kier molecular flexibility index (Phi) is 5.64. The van der Waals surface area contributed by atoms with Gasteiger partial charge in [0.25, 0.3) is 5.91 Å². The number of nitrogens with two attached hydrogens (primary N) is 1. The highest BCUT2D eigenvalue weighted by molar-refractivity contribution is 7.99. The molecule has 1 aromatic rings. The molecule has 2 N–H and O–H groups in total. The number of halogens is 1. The van der Waals surface area contributed by atoms with E-state index in [1.54, 1.807) is 12.1 Å². The molecule has 0 aromatic heterocycles. The topological polar surface area (TPSA) is 69.4 Å². The lowest BCUT2D eigenvalue weighted by molar-refractivity contribution is -0.153. The number of benzene rings is 1. The third-order valence-electron chi connectivity index (χ3n) is 2.10. The Labute approximate surface area is 109 Å². The fourth-order valence-corrected chi connectivity index (χ4v) is 1.93. The Morgan fingerprint density at radius 3 is 2.56 bits per heavy atom. The van der Waals surface area contributed by atoms with Gasteiger partial charge in [0, 0.05) is 10.6 Å². The molecule has 0 heterocycles. The van der Waals surface area contributed by atoms with E-state index in [4.69, 9.17) is 10.5 Å². The average molecular weight is 271 g/mol. The van der Waals surface area contributed by atoms with Crippen LogP contribution in [0.5, 0.6) is 0 Å². The summed E-state index contributed by atoms with van der Waals surface area (Å²) >= 11 is 1.41. The van der Waals surface area contributed by atoms with Gasteiger partial charge in [-0.2, -0.15) is 0 Å². The molecule has 1 rings (SSSR count). The molecule has 0 radical (unpaired) electrons. The van der Waals surface area contributed by atoms with Gasteiger partial charge < -0.3 is 10.5 Å². The summed E-state index contributed by atoms with van der Waals surface area (Å²) in [6, 6.07) is 5.99. The standard InChI is InChI=1S/C12H14FNO3S/c1-8(12(14)16)17-11(15)6-7-18-10-4-2-9(13)3-5-10/h2-5,8H,6-7H2,1H3,(H2,14,16)/t8-/m0/s1. The van der Waals surface area contributed by atoms with E-state index < -0.39 is 18.0 Å². The number of hydrogen-bond acceptors (Lipinski definition) is 4. The molecule has 1 aromatic carbocycles. The summed E-state index contributed by atoms with van der Waals surface area (Å²) in [6.07, 6.45) is -0.743. The number of carbonyl (C=O) groups is 2. The SMILES string of the molecule is C[C@H](OC(=O)CCSc1ccc(F)cc1)C(N)=O. The van der Waals surface area contributed by atoms with Crippen molar-refractivity contribution in [2.24, 2.45) is 5.73 Å². The zero-order valence-corrected chi connectivity index (χ0v) is 10.7. The van der Waals surface area contributed by atoms with Crippen LogP contribution in [0.1, 0.15) is 13.3 Å². The van der Waals surface area contributed by atoms with Crippen LogP contribution in [0.15, 0.2) is 29.2 Å².